The van der Waals surface area contributed by atoms with Crippen molar-refractivity contribution in [2.24, 2.45) is 0 Å². The maximum Gasteiger partial charge on any atom is 0.707 e. The predicted octanol–water partition coefficient (Wildman–Crippen LogP) is 0.572. The Balaban J connectivity index is 3.00. The van der Waals surface area contributed by atoms with Gasteiger partial charge in [0.2, 0.25) is 0 Å². The van der Waals surface area contributed by atoms with E-state index in [0.29, 0.717) is 0 Å². The molecule has 0 aliphatic rings. The molecule has 18 heavy (non-hydrogen) atoms. The van der Waals surface area contributed by atoms with Gasteiger partial charge in [-0.2, -0.15) is 0 Å². The highest BCUT2D eigenvalue weighted by Crippen LogP contribution is 2.27. The number of carbonyl (C=O) groups excluding carboxylic acids is 1. The summed E-state index contributed by atoms with van der Waals surface area (Å²) >= 11 is 0. The molecule has 1 aromatic carbocycles. The number of benzene rings is 1. The first-order valence-electron chi connectivity index (χ1n) is 5.35. The Labute approximate surface area is 106 Å². The molecular weight excluding hydrogens is 237 g/mol. The molecule has 4 N–H and O–H groups in total. The number of esters is 1. The summed E-state index contributed by atoms with van der Waals surface area (Å²) in [7, 11) is -2.00. The van der Waals surface area contributed by atoms with Crippen molar-refractivity contribution in [2.45, 2.75) is 26.4 Å². The standard InChI is InChI=1S/C11H16BNO5/c1-11(2,3)17-10(14)7-5-4-6-8(9(7)13)18-12(15)16/h4-6,15-16H,13H2,1-3H3. The first kappa shape index (κ1) is 14.3. The van der Waals surface area contributed by atoms with Crippen LogP contribution in [0.25, 0.3) is 0 Å². The summed E-state index contributed by atoms with van der Waals surface area (Å²) < 4.78 is 9.81. The van der Waals surface area contributed by atoms with Gasteiger partial charge in [0.25, 0.3) is 0 Å². The van der Waals surface area contributed by atoms with Gasteiger partial charge in [0, 0.05) is 0 Å². The Morgan fingerprint density at radius 1 is 1.33 bits per heavy atom. The molecule has 0 aliphatic heterocycles. The Kier molecular flexibility index (Phi) is 4.21. The van der Waals surface area contributed by atoms with Gasteiger partial charge in [-0.25, -0.2) is 4.79 Å². The van der Waals surface area contributed by atoms with E-state index in [9.17, 15) is 4.79 Å². The number of nitrogens with two attached hydrogens (primary N) is 1. The van der Waals surface area contributed by atoms with Crippen molar-refractivity contribution in [3.8, 4) is 5.75 Å². The van der Waals surface area contributed by atoms with E-state index in [1.54, 1.807) is 20.8 Å². The molecule has 0 amide bonds. The van der Waals surface area contributed by atoms with Crippen molar-refractivity contribution >= 4 is 19.0 Å². The van der Waals surface area contributed by atoms with Crippen molar-refractivity contribution in [2.75, 3.05) is 5.73 Å². The van der Waals surface area contributed by atoms with Gasteiger partial charge in [-0.3, -0.25) is 0 Å². The van der Waals surface area contributed by atoms with Crippen LogP contribution in [0.5, 0.6) is 5.75 Å². The number of para-hydroxylation sites is 1. The van der Waals surface area contributed by atoms with Crippen LogP contribution >= 0.6 is 0 Å². The maximum absolute atomic E-state index is 11.8. The molecule has 0 spiro atoms. The van der Waals surface area contributed by atoms with E-state index in [2.05, 4.69) is 4.65 Å². The van der Waals surface area contributed by atoms with Crippen LogP contribution in [-0.2, 0) is 4.74 Å². The molecule has 6 nitrogen and oxygen atoms in total. The lowest BCUT2D eigenvalue weighted by atomic mass is 10.1. The fourth-order valence-corrected chi connectivity index (χ4v) is 1.27. The second-order valence-corrected chi connectivity index (χ2v) is 4.66. The lowest BCUT2D eigenvalue weighted by Gasteiger charge is -2.20. The summed E-state index contributed by atoms with van der Waals surface area (Å²) in [6, 6.07) is 4.40. The molecule has 0 radical (unpaired) electrons. The second-order valence-electron chi connectivity index (χ2n) is 4.66. The highest BCUT2D eigenvalue weighted by atomic mass is 16.6. The van der Waals surface area contributed by atoms with Gasteiger partial charge < -0.3 is 25.2 Å². The monoisotopic (exact) mass is 253 g/mol. The van der Waals surface area contributed by atoms with Crippen LogP contribution in [0.4, 0.5) is 5.69 Å². The Bertz CT molecular complexity index is 442. The lowest BCUT2D eigenvalue weighted by molar-refractivity contribution is 0.00704. The van der Waals surface area contributed by atoms with E-state index in [-0.39, 0.29) is 17.0 Å². The Morgan fingerprint density at radius 3 is 2.44 bits per heavy atom. The fraction of sp³-hybridized carbons (Fsp3) is 0.364. The zero-order chi connectivity index (χ0) is 13.9. The number of hydrogen-bond acceptors (Lipinski definition) is 6. The molecule has 0 aliphatic carbocycles. The van der Waals surface area contributed by atoms with Gasteiger partial charge in [-0.05, 0) is 32.9 Å². The third kappa shape index (κ3) is 3.94. The van der Waals surface area contributed by atoms with E-state index in [1.165, 1.54) is 18.2 Å². The number of rotatable bonds is 3. The van der Waals surface area contributed by atoms with Crippen LogP contribution in [0.1, 0.15) is 31.1 Å². The number of anilines is 1. The minimum Gasteiger partial charge on any atom is -0.510 e. The Morgan fingerprint density at radius 2 is 1.94 bits per heavy atom. The van der Waals surface area contributed by atoms with Crippen LogP contribution in [-0.4, -0.2) is 28.9 Å². The van der Waals surface area contributed by atoms with Crippen molar-refractivity contribution in [3.05, 3.63) is 23.8 Å². The molecule has 0 bridgehead atoms. The SMILES string of the molecule is CC(C)(C)OC(=O)c1cccc(OB(O)O)c1N. The summed E-state index contributed by atoms with van der Waals surface area (Å²) in [5.74, 6) is -0.591. The molecular formula is C11H16BNO5. The van der Waals surface area contributed by atoms with Crippen molar-refractivity contribution in [3.63, 3.8) is 0 Å². The first-order valence-corrected chi connectivity index (χ1v) is 5.35. The predicted molar refractivity (Wildman–Crippen MR) is 66.8 cm³/mol. The van der Waals surface area contributed by atoms with Gasteiger partial charge in [0.1, 0.15) is 11.4 Å². The summed E-state index contributed by atoms with van der Waals surface area (Å²) in [5, 5.41) is 17.4. The molecule has 0 fully saturated rings. The minimum atomic E-state index is -2.00. The van der Waals surface area contributed by atoms with Gasteiger partial charge in [-0.1, -0.05) is 6.07 Å². The largest absolute Gasteiger partial charge is 0.707 e. The van der Waals surface area contributed by atoms with Gasteiger partial charge in [0.15, 0.2) is 0 Å². The van der Waals surface area contributed by atoms with E-state index in [0.717, 1.165) is 0 Å². The second kappa shape index (κ2) is 5.28. The van der Waals surface area contributed by atoms with E-state index < -0.39 is 18.9 Å². The van der Waals surface area contributed by atoms with E-state index in [4.69, 9.17) is 20.5 Å². The number of carbonyl (C=O) groups is 1. The van der Waals surface area contributed by atoms with Crippen molar-refractivity contribution < 1.29 is 24.2 Å². The Hall–Kier alpha value is -1.73. The van der Waals surface area contributed by atoms with Crippen LogP contribution in [0.15, 0.2) is 18.2 Å². The highest BCUT2D eigenvalue weighted by molar-refractivity contribution is 6.34. The zero-order valence-corrected chi connectivity index (χ0v) is 10.5. The molecule has 98 valence electrons. The molecule has 0 heterocycles. The molecule has 0 saturated carbocycles. The molecule has 1 rings (SSSR count). The summed E-state index contributed by atoms with van der Waals surface area (Å²) in [5.41, 5.74) is 5.18. The fourth-order valence-electron chi connectivity index (χ4n) is 1.27. The molecule has 0 unspecified atom stereocenters. The molecule has 1 aromatic rings. The topological polar surface area (TPSA) is 102 Å². The smallest absolute Gasteiger partial charge is 0.510 e. The summed E-state index contributed by atoms with van der Waals surface area (Å²) in [6.45, 7) is 5.21. The maximum atomic E-state index is 11.8. The van der Waals surface area contributed by atoms with Gasteiger partial charge in [0.05, 0.1) is 11.3 Å². The third-order valence-electron chi connectivity index (χ3n) is 1.92. The van der Waals surface area contributed by atoms with Gasteiger partial charge >= 0.3 is 13.3 Å². The number of hydrogen-bond donors (Lipinski definition) is 3. The molecule has 0 saturated heterocycles. The molecule has 0 aromatic heterocycles. The quantitative estimate of drug-likeness (QED) is 0.413. The van der Waals surface area contributed by atoms with E-state index in [1.807, 2.05) is 0 Å². The summed E-state index contributed by atoms with van der Waals surface area (Å²) in [4.78, 5) is 11.8. The molecule has 7 heteroatoms. The highest BCUT2D eigenvalue weighted by Gasteiger charge is 2.22. The third-order valence-corrected chi connectivity index (χ3v) is 1.92. The van der Waals surface area contributed by atoms with Crippen LogP contribution in [0.2, 0.25) is 0 Å². The lowest BCUT2D eigenvalue weighted by Crippen LogP contribution is -2.25. The first-order chi connectivity index (χ1) is 8.20. The van der Waals surface area contributed by atoms with Crippen LogP contribution in [0, 0.1) is 0 Å². The van der Waals surface area contributed by atoms with Crippen molar-refractivity contribution in [1.82, 2.24) is 0 Å². The minimum absolute atomic E-state index is 0.000139. The number of ether oxygens (including phenoxy) is 1. The number of nitrogen functional groups attached to an aromatic ring is 1. The van der Waals surface area contributed by atoms with Crippen LogP contribution < -0.4 is 10.4 Å². The average molecular weight is 253 g/mol. The zero-order valence-electron chi connectivity index (χ0n) is 10.5. The van der Waals surface area contributed by atoms with Crippen LogP contribution in [0.3, 0.4) is 0 Å². The normalized spacial score (nSPS) is 10.9. The average Bonchev–Trinajstić information content (AvgIpc) is 2.17. The molecule has 0 atom stereocenters. The van der Waals surface area contributed by atoms with Crippen molar-refractivity contribution in [1.29, 1.82) is 0 Å². The van der Waals surface area contributed by atoms with E-state index >= 15 is 0 Å². The summed E-state index contributed by atoms with van der Waals surface area (Å²) in [6.07, 6.45) is 0. The van der Waals surface area contributed by atoms with Gasteiger partial charge in [-0.15, -0.1) is 0 Å².